The smallest absolute Gasteiger partial charge is 0.241 e. The van der Waals surface area contributed by atoms with E-state index in [0.29, 0.717) is 22.5 Å². The number of amides is 1. The van der Waals surface area contributed by atoms with Crippen LogP contribution in [0.4, 0.5) is 5.69 Å². The second-order valence-electron chi connectivity index (χ2n) is 7.47. The molecule has 164 valence electrons. The summed E-state index contributed by atoms with van der Waals surface area (Å²) in [7, 11) is -3.70. The predicted octanol–water partition coefficient (Wildman–Crippen LogP) is 3.71. The molecule has 0 aliphatic rings. The van der Waals surface area contributed by atoms with E-state index < -0.39 is 10.0 Å². The maximum Gasteiger partial charge on any atom is 0.241 e. The molecule has 0 fully saturated rings. The second kappa shape index (κ2) is 10.2. The van der Waals surface area contributed by atoms with Gasteiger partial charge in [-0.05, 0) is 68.2 Å². The Kier molecular flexibility index (Phi) is 7.41. The van der Waals surface area contributed by atoms with E-state index in [1.807, 2.05) is 43.3 Å². The number of nitrogens with one attached hydrogen (secondary N) is 2. The number of hydrogen-bond acceptors (Lipinski definition) is 4. The number of hydrogen-bond donors (Lipinski definition) is 2. The van der Waals surface area contributed by atoms with Gasteiger partial charge in [-0.15, -0.1) is 0 Å². The summed E-state index contributed by atoms with van der Waals surface area (Å²) in [4.78, 5) is 16.7. The van der Waals surface area contributed by atoms with Crippen molar-refractivity contribution in [2.45, 2.75) is 32.1 Å². The number of pyridine rings is 1. The van der Waals surface area contributed by atoms with Crippen molar-refractivity contribution in [3.05, 3.63) is 88.7 Å². The van der Waals surface area contributed by atoms with Gasteiger partial charge in [0.1, 0.15) is 5.69 Å². The summed E-state index contributed by atoms with van der Waals surface area (Å²) in [6, 6.07) is 16.3. The number of aryl methyl sites for hydroxylation is 3. The third kappa shape index (κ3) is 6.27. The van der Waals surface area contributed by atoms with Gasteiger partial charge in [-0.2, -0.15) is 0 Å². The summed E-state index contributed by atoms with van der Waals surface area (Å²) >= 11 is 0. The number of rotatable bonds is 6. The van der Waals surface area contributed by atoms with E-state index in [1.165, 1.54) is 0 Å². The summed E-state index contributed by atoms with van der Waals surface area (Å²) < 4.78 is 27.9. The zero-order valence-electron chi connectivity index (χ0n) is 18.3. The van der Waals surface area contributed by atoms with Gasteiger partial charge >= 0.3 is 0 Å². The van der Waals surface area contributed by atoms with E-state index in [4.69, 9.17) is 0 Å². The molecular weight excluding hydrogens is 422 g/mol. The quantitative estimate of drug-likeness (QED) is 0.564. The number of carbonyl (C=O) groups is 1. The zero-order valence-corrected chi connectivity index (χ0v) is 19.1. The van der Waals surface area contributed by atoms with E-state index in [-0.39, 0.29) is 23.8 Å². The van der Waals surface area contributed by atoms with E-state index in [9.17, 15) is 13.2 Å². The minimum atomic E-state index is -3.70. The van der Waals surface area contributed by atoms with Crippen molar-refractivity contribution in [2.24, 2.45) is 0 Å². The molecule has 7 heteroatoms. The first-order chi connectivity index (χ1) is 15.2. The van der Waals surface area contributed by atoms with Crippen molar-refractivity contribution in [1.82, 2.24) is 9.71 Å². The Balaban J connectivity index is 1.58. The fraction of sp³-hybridized carbons (Fsp3) is 0.200. The molecule has 0 unspecified atom stereocenters. The van der Waals surface area contributed by atoms with Crippen molar-refractivity contribution in [3.8, 4) is 11.8 Å². The van der Waals surface area contributed by atoms with Crippen molar-refractivity contribution in [3.63, 3.8) is 0 Å². The largest absolute Gasteiger partial charge is 0.326 e. The monoisotopic (exact) mass is 447 g/mol. The van der Waals surface area contributed by atoms with Crippen molar-refractivity contribution in [2.75, 3.05) is 11.9 Å². The molecule has 3 aromatic rings. The molecule has 32 heavy (non-hydrogen) atoms. The third-order valence-corrected chi connectivity index (χ3v) is 6.43. The highest BCUT2D eigenvalue weighted by molar-refractivity contribution is 7.89. The summed E-state index contributed by atoms with van der Waals surface area (Å²) in [5.74, 6) is 5.69. The second-order valence-corrected chi connectivity index (χ2v) is 9.17. The van der Waals surface area contributed by atoms with Crippen LogP contribution < -0.4 is 10.0 Å². The topological polar surface area (TPSA) is 88.2 Å². The molecule has 2 N–H and O–H groups in total. The lowest BCUT2D eigenvalue weighted by atomic mass is 10.1. The average molecular weight is 448 g/mol. The van der Waals surface area contributed by atoms with Crippen LogP contribution in [-0.2, 0) is 14.8 Å². The fourth-order valence-electron chi connectivity index (χ4n) is 3.43. The molecule has 2 aromatic carbocycles. The third-order valence-electron chi connectivity index (χ3n) is 4.66. The lowest BCUT2D eigenvalue weighted by Crippen LogP contribution is -2.29. The molecule has 3 rings (SSSR count). The van der Waals surface area contributed by atoms with Crippen molar-refractivity contribution >= 4 is 21.6 Å². The number of sulfonamides is 1. The Bertz CT molecular complexity index is 1270. The van der Waals surface area contributed by atoms with Crippen LogP contribution >= 0.6 is 0 Å². The van der Waals surface area contributed by atoms with E-state index >= 15 is 0 Å². The zero-order chi connectivity index (χ0) is 23.1. The van der Waals surface area contributed by atoms with E-state index in [1.54, 1.807) is 38.2 Å². The molecule has 0 bridgehead atoms. The van der Waals surface area contributed by atoms with Crippen LogP contribution in [-0.4, -0.2) is 25.9 Å². The van der Waals surface area contributed by atoms with Gasteiger partial charge in [0.15, 0.2) is 0 Å². The number of anilines is 1. The summed E-state index contributed by atoms with van der Waals surface area (Å²) in [6.07, 6.45) is 1.68. The molecule has 0 spiro atoms. The van der Waals surface area contributed by atoms with Gasteiger partial charge in [0.25, 0.3) is 0 Å². The molecule has 1 amide bonds. The number of carbonyl (C=O) groups excluding carboxylic acids is 1. The first-order valence-electron chi connectivity index (χ1n) is 10.1. The van der Waals surface area contributed by atoms with Gasteiger partial charge in [0.05, 0.1) is 4.90 Å². The van der Waals surface area contributed by atoms with Crippen LogP contribution in [0.5, 0.6) is 0 Å². The van der Waals surface area contributed by atoms with Crippen molar-refractivity contribution in [1.29, 1.82) is 0 Å². The molecule has 1 heterocycles. The molecular formula is C25H25N3O3S. The van der Waals surface area contributed by atoms with Gasteiger partial charge < -0.3 is 5.32 Å². The number of nitrogens with zero attached hydrogens (tertiary/aromatic N) is 1. The molecule has 1 aromatic heterocycles. The van der Waals surface area contributed by atoms with Crippen LogP contribution in [0.1, 0.15) is 34.4 Å². The molecule has 0 aliphatic heterocycles. The van der Waals surface area contributed by atoms with Gasteiger partial charge in [-0.25, -0.2) is 18.1 Å². The average Bonchev–Trinajstić information content (AvgIpc) is 2.72. The van der Waals surface area contributed by atoms with E-state index in [2.05, 4.69) is 26.9 Å². The molecule has 6 nitrogen and oxygen atoms in total. The molecule has 0 radical (unpaired) electrons. The summed E-state index contributed by atoms with van der Waals surface area (Å²) in [5.41, 5.74) is 4.36. The van der Waals surface area contributed by atoms with Crippen LogP contribution in [0.2, 0.25) is 0 Å². The van der Waals surface area contributed by atoms with Crippen molar-refractivity contribution < 1.29 is 13.2 Å². The Morgan fingerprint density at radius 1 is 0.969 bits per heavy atom. The van der Waals surface area contributed by atoms with Crippen LogP contribution in [0, 0.1) is 32.6 Å². The molecule has 0 saturated carbocycles. The summed E-state index contributed by atoms with van der Waals surface area (Å²) in [6.45, 7) is 5.46. The minimum Gasteiger partial charge on any atom is -0.326 e. The van der Waals surface area contributed by atoms with Gasteiger partial charge in [-0.3, -0.25) is 4.79 Å². The normalized spacial score (nSPS) is 10.8. The molecule has 0 aliphatic carbocycles. The molecule has 0 atom stereocenters. The maximum atomic E-state index is 12.7. The Hall–Kier alpha value is -3.47. The number of benzene rings is 2. The lowest BCUT2D eigenvalue weighted by Gasteiger charge is -2.13. The minimum absolute atomic E-state index is 0.0000952. The van der Waals surface area contributed by atoms with E-state index in [0.717, 1.165) is 11.1 Å². The SMILES string of the molecule is Cc1cc(C)c(S(=O)(=O)NCCC(=O)Nc2cccc(C#Cc3ccccn3)c2)c(C)c1. The number of aromatic nitrogens is 1. The Morgan fingerprint density at radius 2 is 1.72 bits per heavy atom. The highest BCUT2D eigenvalue weighted by Crippen LogP contribution is 2.21. The first kappa shape index (κ1) is 23.2. The van der Waals surface area contributed by atoms with Gasteiger partial charge in [0.2, 0.25) is 15.9 Å². The lowest BCUT2D eigenvalue weighted by molar-refractivity contribution is -0.116. The van der Waals surface area contributed by atoms with Crippen LogP contribution in [0.15, 0.2) is 65.7 Å². The highest BCUT2D eigenvalue weighted by atomic mass is 32.2. The van der Waals surface area contributed by atoms with Crippen LogP contribution in [0.3, 0.4) is 0 Å². The van der Waals surface area contributed by atoms with Gasteiger partial charge in [0, 0.05) is 30.4 Å². The molecule has 0 saturated heterocycles. The van der Waals surface area contributed by atoms with Crippen LogP contribution in [0.25, 0.3) is 0 Å². The maximum absolute atomic E-state index is 12.7. The Labute approximate surface area is 189 Å². The standard InChI is InChI=1S/C25H25N3O3S/c1-18-15-19(2)25(20(3)16-18)32(30,31)27-14-12-24(29)28-23-9-6-7-21(17-23)10-11-22-8-4-5-13-26-22/h4-9,13,15-17,27H,12,14H2,1-3H3,(H,28,29). The fourth-order valence-corrected chi connectivity index (χ4v) is 4.91. The van der Waals surface area contributed by atoms with Gasteiger partial charge in [-0.1, -0.05) is 35.7 Å². The summed E-state index contributed by atoms with van der Waals surface area (Å²) in [5, 5.41) is 2.78. The highest BCUT2D eigenvalue weighted by Gasteiger charge is 2.19. The first-order valence-corrected chi connectivity index (χ1v) is 11.6. The predicted molar refractivity (Wildman–Crippen MR) is 126 cm³/mol. The Morgan fingerprint density at radius 3 is 2.41 bits per heavy atom.